The molecule has 0 aliphatic carbocycles. The fourth-order valence-corrected chi connectivity index (χ4v) is 4.62. The number of sulfonamides is 1. The quantitative estimate of drug-likeness (QED) is 0.598. The minimum Gasteiger partial charge on any atom is -0.357 e. The zero-order valence-electron chi connectivity index (χ0n) is 19.1. The van der Waals surface area contributed by atoms with Gasteiger partial charge in [0.15, 0.2) is 0 Å². The number of hydrogen-bond donors (Lipinski definition) is 1. The molecule has 9 heteroatoms. The molecule has 7 nitrogen and oxygen atoms in total. The Balaban J connectivity index is 2.48. The molecular weight excluding hydrogens is 450 g/mol. The standard InChI is InChI=1S/C23H30ClN3O4S/c1-6-20(23(29)25-4)26(14-18-10-7-9-16(2)13-18)22(28)15-27(32(5,30)31)21-12-8-11-19(24)17(21)3/h7-13,20H,6,14-15H2,1-5H3,(H,25,29)/t20-/m0/s1. The SMILES string of the molecule is CC[C@@H](C(=O)NC)N(Cc1cccc(C)c1)C(=O)CN(c1cccc(Cl)c1C)S(C)(=O)=O. The molecule has 2 amide bonds. The summed E-state index contributed by atoms with van der Waals surface area (Å²) in [5, 5.41) is 3.00. The molecule has 0 spiro atoms. The lowest BCUT2D eigenvalue weighted by molar-refractivity contribution is -0.140. The molecule has 0 heterocycles. The van der Waals surface area contributed by atoms with Gasteiger partial charge in [-0.15, -0.1) is 0 Å². The lowest BCUT2D eigenvalue weighted by atomic mass is 10.1. The number of carbonyl (C=O) groups is 2. The van der Waals surface area contributed by atoms with E-state index in [9.17, 15) is 18.0 Å². The van der Waals surface area contributed by atoms with Crippen LogP contribution < -0.4 is 9.62 Å². The largest absolute Gasteiger partial charge is 0.357 e. The number of nitrogens with one attached hydrogen (secondary N) is 1. The maximum absolute atomic E-state index is 13.5. The summed E-state index contributed by atoms with van der Waals surface area (Å²) in [7, 11) is -2.28. The van der Waals surface area contributed by atoms with Crippen molar-refractivity contribution in [3.05, 3.63) is 64.2 Å². The number of nitrogens with zero attached hydrogens (tertiary/aromatic N) is 2. The van der Waals surface area contributed by atoms with E-state index in [0.29, 0.717) is 22.7 Å². The van der Waals surface area contributed by atoms with Crippen LogP contribution in [0.5, 0.6) is 0 Å². The van der Waals surface area contributed by atoms with Gasteiger partial charge in [0, 0.05) is 18.6 Å². The second-order valence-corrected chi connectivity index (χ2v) is 10.0. The van der Waals surface area contributed by atoms with Crippen LogP contribution in [0.25, 0.3) is 0 Å². The molecule has 0 unspecified atom stereocenters. The number of hydrogen-bond acceptors (Lipinski definition) is 4. The number of rotatable bonds is 9. The monoisotopic (exact) mass is 479 g/mol. The second-order valence-electron chi connectivity index (χ2n) is 7.70. The molecule has 0 aliphatic heterocycles. The number of anilines is 1. The van der Waals surface area contributed by atoms with E-state index >= 15 is 0 Å². The normalized spacial score (nSPS) is 12.2. The van der Waals surface area contributed by atoms with Crippen LogP contribution in [0.2, 0.25) is 5.02 Å². The van der Waals surface area contributed by atoms with Crippen molar-refractivity contribution < 1.29 is 18.0 Å². The van der Waals surface area contributed by atoms with Crippen LogP contribution in [0.3, 0.4) is 0 Å². The maximum atomic E-state index is 13.5. The third-order valence-corrected chi connectivity index (χ3v) is 6.79. The first-order valence-corrected chi connectivity index (χ1v) is 12.5. The van der Waals surface area contributed by atoms with E-state index in [0.717, 1.165) is 21.7 Å². The molecule has 1 N–H and O–H groups in total. The minimum absolute atomic E-state index is 0.179. The van der Waals surface area contributed by atoms with Crippen LogP contribution in [0.15, 0.2) is 42.5 Å². The van der Waals surface area contributed by atoms with E-state index in [4.69, 9.17) is 11.6 Å². The van der Waals surface area contributed by atoms with E-state index in [-0.39, 0.29) is 12.5 Å². The topological polar surface area (TPSA) is 86.8 Å². The van der Waals surface area contributed by atoms with Crippen molar-refractivity contribution in [1.29, 1.82) is 0 Å². The van der Waals surface area contributed by atoms with Crippen LogP contribution in [-0.2, 0) is 26.2 Å². The molecule has 32 heavy (non-hydrogen) atoms. The van der Waals surface area contributed by atoms with Crippen LogP contribution in [0, 0.1) is 13.8 Å². The Labute approximate surface area is 195 Å². The Hall–Kier alpha value is -2.58. The van der Waals surface area contributed by atoms with Crippen molar-refractivity contribution >= 4 is 39.1 Å². The van der Waals surface area contributed by atoms with E-state index < -0.39 is 28.5 Å². The molecule has 0 aliphatic rings. The van der Waals surface area contributed by atoms with Crippen molar-refractivity contribution in [2.24, 2.45) is 0 Å². The van der Waals surface area contributed by atoms with Crippen LogP contribution in [0.4, 0.5) is 5.69 Å². The van der Waals surface area contributed by atoms with Crippen LogP contribution in [-0.4, -0.2) is 51.0 Å². The van der Waals surface area contributed by atoms with E-state index in [1.807, 2.05) is 38.1 Å². The van der Waals surface area contributed by atoms with Gasteiger partial charge in [0.05, 0.1) is 11.9 Å². The summed E-state index contributed by atoms with van der Waals surface area (Å²) in [6.07, 6.45) is 1.42. The van der Waals surface area contributed by atoms with Gasteiger partial charge in [-0.3, -0.25) is 13.9 Å². The van der Waals surface area contributed by atoms with Crippen molar-refractivity contribution in [1.82, 2.24) is 10.2 Å². The average Bonchev–Trinajstić information content (AvgIpc) is 2.73. The molecule has 0 saturated heterocycles. The molecule has 2 rings (SSSR count). The van der Waals surface area contributed by atoms with Gasteiger partial charge in [-0.1, -0.05) is 54.4 Å². The van der Waals surface area contributed by atoms with Gasteiger partial charge in [-0.2, -0.15) is 0 Å². The Bertz CT molecular complexity index is 1090. The van der Waals surface area contributed by atoms with Gasteiger partial charge in [-0.05, 0) is 43.5 Å². The lowest BCUT2D eigenvalue weighted by Gasteiger charge is -2.33. The van der Waals surface area contributed by atoms with E-state index in [1.54, 1.807) is 25.1 Å². The lowest BCUT2D eigenvalue weighted by Crippen LogP contribution is -2.51. The number of aryl methyl sites for hydroxylation is 1. The number of amides is 2. The van der Waals surface area contributed by atoms with Gasteiger partial charge in [0.1, 0.15) is 12.6 Å². The summed E-state index contributed by atoms with van der Waals surface area (Å²) in [6.45, 7) is 5.19. The Morgan fingerprint density at radius 1 is 1.12 bits per heavy atom. The summed E-state index contributed by atoms with van der Waals surface area (Å²) in [5.41, 5.74) is 2.76. The predicted molar refractivity (Wildman–Crippen MR) is 128 cm³/mol. The Morgan fingerprint density at radius 3 is 2.34 bits per heavy atom. The van der Waals surface area contributed by atoms with E-state index in [1.165, 1.54) is 11.9 Å². The fourth-order valence-electron chi connectivity index (χ4n) is 3.55. The smallest absolute Gasteiger partial charge is 0.244 e. The predicted octanol–water partition coefficient (Wildman–Crippen LogP) is 3.28. The van der Waals surface area contributed by atoms with Crippen LogP contribution in [0.1, 0.15) is 30.0 Å². The van der Waals surface area contributed by atoms with Crippen molar-refractivity contribution in [3.8, 4) is 0 Å². The van der Waals surface area contributed by atoms with Gasteiger partial charge in [0.25, 0.3) is 0 Å². The van der Waals surface area contributed by atoms with Gasteiger partial charge < -0.3 is 10.2 Å². The molecule has 174 valence electrons. The summed E-state index contributed by atoms with van der Waals surface area (Å²) in [5.74, 6) is -0.787. The molecule has 0 bridgehead atoms. The Morgan fingerprint density at radius 2 is 1.78 bits per heavy atom. The van der Waals surface area contributed by atoms with Gasteiger partial charge in [-0.25, -0.2) is 8.42 Å². The van der Waals surface area contributed by atoms with Crippen molar-refractivity contribution in [3.63, 3.8) is 0 Å². The van der Waals surface area contributed by atoms with Gasteiger partial charge >= 0.3 is 0 Å². The highest BCUT2D eigenvalue weighted by Crippen LogP contribution is 2.28. The molecular formula is C23H30ClN3O4S. The first-order chi connectivity index (χ1) is 15.0. The summed E-state index contributed by atoms with van der Waals surface area (Å²) in [4.78, 5) is 27.5. The molecule has 0 radical (unpaired) electrons. The molecule has 2 aromatic rings. The molecule has 2 aromatic carbocycles. The van der Waals surface area contributed by atoms with Crippen molar-refractivity contribution in [2.75, 3.05) is 24.2 Å². The number of benzene rings is 2. The molecule has 0 saturated carbocycles. The average molecular weight is 480 g/mol. The highest BCUT2D eigenvalue weighted by molar-refractivity contribution is 7.92. The number of carbonyl (C=O) groups excluding carboxylic acids is 2. The third kappa shape index (κ3) is 6.23. The third-order valence-electron chi connectivity index (χ3n) is 5.25. The zero-order chi connectivity index (χ0) is 24.1. The highest BCUT2D eigenvalue weighted by Gasteiger charge is 2.31. The summed E-state index contributed by atoms with van der Waals surface area (Å²) in [6, 6.07) is 11.8. The van der Waals surface area contributed by atoms with E-state index in [2.05, 4.69) is 5.32 Å². The molecule has 0 aromatic heterocycles. The Kier molecular flexibility index (Phi) is 8.69. The van der Waals surface area contributed by atoms with Crippen LogP contribution >= 0.6 is 11.6 Å². The first-order valence-electron chi connectivity index (χ1n) is 10.3. The zero-order valence-corrected chi connectivity index (χ0v) is 20.6. The first kappa shape index (κ1) is 25.7. The summed E-state index contributed by atoms with van der Waals surface area (Å²) >= 11 is 6.19. The van der Waals surface area contributed by atoms with Crippen molar-refractivity contribution in [2.45, 2.75) is 39.8 Å². The van der Waals surface area contributed by atoms with Gasteiger partial charge in [0.2, 0.25) is 21.8 Å². The molecule has 0 fully saturated rings. The highest BCUT2D eigenvalue weighted by atomic mass is 35.5. The maximum Gasteiger partial charge on any atom is 0.244 e. The minimum atomic E-state index is -3.80. The number of halogens is 1. The molecule has 1 atom stereocenters. The fraction of sp³-hybridized carbons (Fsp3) is 0.391. The summed E-state index contributed by atoms with van der Waals surface area (Å²) < 4.78 is 26.3. The second kappa shape index (κ2) is 10.8. The number of likely N-dealkylation sites (N-methyl/N-ethyl adjacent to an activating group) is 1.